The van der Waals surface area contributed by atoms with Gasteiger partial charge in [0.05, 0.1) is 5.69 Å². The lowest BCUT2D eigenvalue weighted by Crippen LogP contribution is -2.30. The van der Waals surface area contributed by atoms with E-state index in [1.54, 1.807) is 29.1 Å². The number of rotatable bonds is 2. The Kier molecular flexibility index (Phi) is 2.41. The van der Waals surface area contributed by atoms with Gasteiger partial charge in [0.1, 0.15) is 5.00 Å². The molecule has 0 aliphatic carbocycles. The van der Waals surface area contributed by atoms with Gasteiger partial charge in [-0.15, -0.1) is 11.3 Å². The zero-order valence-electron chi connectivity index (χ0n) is 7.58. The summed E-state index contributed by atoms with van der Waals surface area (Å²) in [6.45, 7) is 1.75. The first-order valence-corrected chi connectivity index (χ1v) is 5.02. The number of hydrogen-bond acceptors (Lipinski definition) is 4. The van der Waals surface area contributed by atoms with Crippen molar-refractivity contribution >= 4 is 23.9 Å². The van der Waals surface area contributed by atoms with E-state index in [0.717, 1.165) is 5.00 Å². The molecule has 2 aromatic heterocycles. The van der Waals surface area contributed by atoms with Crippen molar-refractivity contribution in [2.75, 3.05) is 0 Å². The molecule has 0 aliphatic rings. The number of aromatic nitrogens is 2. The van der Waals surface area contributed by atoms with Crippen LogP contribution in [0.25, 0.3) is 5.00 Å². The van der Waals surface area contributed by atoms with E-state index in [4.69, 9.17) is 10.0 Å². The Balaban J connectivity index is 2.43. The second kappa shape index (κ2) is 3.57. The molecule has 0 aromatic carbocycles. The molecule has 72 valence electrons. The van der Waals surface area contributed by atoms with Crippen LogP contribution in [0.15, 0.2) is 23.7 Å². The van der Waals surface area contributed by atoms with Crippen LogP contribution in [0.4, 0.5) is 0 Å². The van der Waals surface area contributed by atoms with Crippen LogP contribution in [0, 0.1) is 6.92 Å². The lowest BCUT2D eigenvalue weighted by atomic mass is 9.81. The molecule has 0 saturated carbocycles. The van der Waals surface area contributed by atoms with Crippen LogP contribution in [0.1, 0.15) is 5.69 Å². The minimum absolute atomic E-state index is 0.443. The smallest absolute Gasteiger partial charge is 0.423 e. The van der Waals surface area contributed by atoms with Crippen molar-refractivity contribution in [3.8, 4) is 5.00 Å². The molecule has 0 atom stereocenters. The van der Waals surface area contributed by atoms with E-state index in [9.17, 15) is 0 Å². The SMILES string of the molecule is Cc1nn(-c2cccs2)cc1B(O)O. The van der Waals surface area contributed by atoms with E-state index in [1.807, 2.05) is 17.5 Å². The van der Waals surface area contributed by atoms with E-state index >= 15 is 0 Å². The van der Waals surface area contributed by atoms with Gasteiger partial charge in [-0.2, -0.15) is 5.10 Å². The van der Waals surface area contributed by atoms with E-state index in [2.05, 4.69) is 5.10 Å². The predicted molar refractivity (Wildman–Crippen MR) is 56.0 cm³/mol. The van der Waals surface area contributed by atoms with Crippen molar-refractivity contribution in [3.63, 3.8) is 0 Å². The molecule has 4 nitrogen and oxygen atoms in total. The molecular weight excluding hydrogens is 199 g/mol. The second-order valence-corrected chi connectivity index (χ2v) is 3.87. The third kappa shape index (κ3) is 1.59. The van der Waals surface area contributed by atoms with Crippen molar-refractivity contribution in [3.05, 3.63) is 29.4 Å². The Morgan fingerprint density at radius 2 is 2.29 bits per heavy atom. The summed E-state index contributed by atoms with van der Waals surface area (Å²) in [7, 11) is -1.45. The van der Waals surface area contributed by atoms with Crippen molar-refractivity contribution in [1.82, 2.24) is 9.78 Å². The summed E-state index contributed by atoms with van der Waals surface area (Å²) in [6.07, 6.45) is 1.63. The third-order valence-corrected chi connectivity index (χ3v) is 2.80. The standard InChI is InChI=1S/C8H9BN2O2S/c1-6-7(9(12)13)5-11(10-6)8-3-2-4-14-8/h2-5,12-13H,1H3. The minimum atomic E-state index is -1.45. The summed E-state index contributed by atoms with van der Waals surface area (Å²) < 4.78 is 1.65. The summed E-state index contributed by atoms with van der Waals surface area (Å²) in [4.78, 5) is 0. The molecule has 0 unspecified atom stereocenters. The lowest BCUT2D eigenvalue weighted by Gasteiger charge is -1.93. The van der Waals surface area contributed by atoms with E-state index in [1.165, 1.54) is 0 Å². The van der Waals surface area contributed by atoms with Crippen LogP contribution in [0.5, 0.6) is 0 Å². The Morgan fingerprint density at radius 3 is 2.79 bits per heavy atom. The van der Waals surface area contributed by atoms with Crippen molar-refractivity contribution in [2.45, 2.75) is 6.92 Å². The first-order valence-electron chi connectivity index (χ1n) is 4.14. The largest absolute Gasteiger partial charge is 0.491 e. The molecule has 6 heteroatoms. The van der Waals surface area contributed by atoms with Gasteiger partial charge >= 0.3 is 7.12 Å². The van der Waals surface area contributed by atoms with E-state index in [-0.39, 0.29) is 0 Å². The molecule has 2 N–H and O–H groups in total. The van der Waals surface area contributed by atoms with Gasteiger partial charge in [0.15, 0.2) is 0 Å². The summed E-state index contributed by atoms with van der Waals surface area (Å²) in [5.41, 5.74) is 1.08. The van der Waals surface area contributed by atoms with Crippen LogP contribution in [-0.4, -0.2) is 26.9 Å². The third-order valence-electron chi connectivity index (χ3n) is 1.95. The quantitative estimate of drug-likeness (QED) is 0.678. The fourth-order valence-electron chi connectivity index (χ4n) is 1.24. The Labute approximate surface area is 85.6 Å². The highest BCUT2D eigenvalue weighted by Gasteiger charge is 2.17. The van der Waals surface area contributed by atoms with Gasteiger partial charge in [0, 0.05) is 11.7 Å². The van der Waals surface area contributed by atoms with E-state index < -0.39 is 7.12 Å². The molecule has 14 heavy (non-hydrogen) atoms. The van der Waals surface area contributed by atoms with Gasteiger partial charge in [-0.3, -0.25) is 0 Å². The zero-order valence-corrected chi connectivity index (χ0v) is 8.40. The number of thiophene rings is 1. The maximum Gasteiger partial charge on any atom is 0.491 e. The first-order chi connectivity index (χ1) is 6.68. The van der Waals surface area contributed by atoms with Crippen LogP contribution in [-0.2, 0) is 0 Å². The molecule has 2 aromatic rings. The van der Waals surface area contributed by atoms with Gasteiger partial charge in [0.25, 0.3) is 0 Å². The van der Waals surface area contributed by atoms with Gasteiger partial charge in [-0.05, 0) is 24.4 Å². The maximum atomic E-state index is 9.02. The Morgan fingerprint density at radius 1 is 1.50 bits per heavy atom. The minimum Gasteiger partial charge on any atom is -0.423 e. The van der Waals surface area contributed by atoms with Crippen LogP contribution < -0.4 is 5.46 Å². The summed E-state index contributed by atoms with van der Waals surface area (Å²) in [5.74, 6) is 0. The first kappa shape index (κ1) is 9.45. The molecule has 0 radical (unpaired) electrons. The monoisotopic (exact) mass is 208 g/mol. The van der Waals surface area contributed by atoms with Crippen LogP contribution >= 0.6 is 11.3 Å². The highest BCUT2D eigenvalue weighted by molar-refractivity contribution is 7.12. The molecule has 2 heterocycles. The van der Waals surface area contributed by atoms with Gasteiger partial charge in [-0.1, -0.05) is 0 Å². The number of nitrogens with zero attached hydrogens (tertiary/aromatic N) is 2. The molecule has 0 aliphatic heterocycles. The molecule has 0 amide bonds. The summed E-state index contributed by atoms with van der Waals surface area (Å²) >= 11 is 1.55. The molecule has 0 fully saturated rings. The van der Waals surface area contributed by atoms with Crippen molar-refractivity contribution in [2.24, 2.45) is 0 Å². The van der Waals surface area contributed by atoms with Gasteiger partial charge < -0.3 is 10.0 Å². The molecule has 0 saturated heterocycles. The zero-order chi connectivity index (χ0) is 10.1. The number of aryl methyl sites for hydroxylation is 1. The Bertz CT molecular complexity index is 424. The highest BCUT2D eigenvalue weighted by atomic mass is 32.1. The summed E-state index contributed by atoms with van der Waals surface area (Å²) in [6, 6.07) is 3.84. The average Bonchev–Trinajstić information content (AvgIpc) is 2.70. The molecular formula is C8H9BN2O2S. The van der Waals surface area contributed by atoms with Gasteiger partial charge in [0.2, 0.25) is 0 Å². The second-order valence-electron chi connectivity index (χ2n) is 2.94. The fourth-order valence-corrected chi connectivity index (χ4v) is 1.90. The molecule has 0 spiro atoms. The summed E-state index contributed by atoms with van der Waals surface area (Å²) in [5, 5.41) is 25.1. The van der Waals surface area contributed by atoms with Crippen molar-refractivity contribution in [1.29, 1.82) is 0 Å². The van der Waals surface area contributed by atoms with Crippen LogP contribution in [0.3, 0.4) is 0 Å². The maximum absolute atomic E-state index is 9.02. The lowest BCUT2D eigenvalue weighted by molar-refractivity contribution is 0.425. The normalized spacial score (nSPS) is 10.5. The average molecular weight is 208 g/mol. The highest BCUT2D eigenvalue weighted by Crippen LogP contribution is 2.13. The topological polar surface area (TPSA) is 58.3 Å². The fraction of sp³-hybridized carbons (Fsp3) is 0.125. The molecule has 2 rings (SSSR count). The molecule has 0 bridgehead atoms. The number of hydrogen-bond donors (Lipinski definition) is 2. The van der Waals surface area contributed by atoms with E-state index in [0.29, 0.717) is 11.2 Å². The van der Waals surface area contributed by atoms with Crippen LogP contribution in [0.2, 0.25) is 0 Å². The predicted octanol–water partition coefficient (Wildman–Crippen LogP) is -0.0780. The van der Waals surface area contributed by atoms with Gasteiger partial charge in [-0.25, -0.2) is 4.68 Å². The van der Waals surface area contributed by atoms with Crippen molar-refractivity contribution < 1.29 is 10.0 Å². The Hall–Kier alpha value is -1.11.